The van der Waals surface area contributed by atoms with Gasteiger partial charge in [0.25, 0.3) is 5.91 Å². The van der Waals surface area contributed by atoms with Crippen molar-refractivity contribution in [3.8, 4) is 0 Å². The molecular weight excluding hydrogens is 278 g/mol. The van der Waals surface area contributed by atoms with Crippen LogP contribution in [0.2, 0.25) is 0 Å². The largest absolute Gasteiger partial charge is 0.294 e. The number of nitrogens with zero attached hydrogens (tertiary/aromatic N) is 1. The number of nitrogens with one attached hydrogen (secondary N) is 1. The molecule has 4 nitrogen and oxygen atoms in total. The maximum atomic E-state index is 11.3. The number of thioether (sulfide) groups is 1. The van der Waals surface area contributed by atoms with Crippen LogP contribution in [0.1, 0.15) is 26.6 Å². The van der Waals surface area contributed by atoms with E-state index in [0.29, 0.717) is 5.01 Å². The summed E-state index contributed by atoms with van der Waals surface area (Å²) in [5.74, 6) is 5.48. The minimum absolute atomic E-state index is 0.340. The summed E-state index contributed by atoms with van der Waals surface area (Å²) in [4.78, 5) is 16.8. The van der Waals surface area contributed by atoms with Gasteiger partial charge in [-0.15, -0.1) is 23.1 Å². The highest BCUT2D eigenvalue weighted by molar-refractivity contribution is 7.98. The summed E-state index contributed by atoms with van der Waals surface area (Å²) in [6.07, 6.45) is 0. The fraction of sp³-hybridized carbons (Fsp3) is 0.231. The number of nitrogens with two attached hydrogens (primary N) is 1. The number of rotatable bonds is 4. The van der Waals surface area contributed by atoms with Crippen LogP contribution in [0.25, 0.3) is 0 Å². The van der Waals surface area contributed by atoms with Crippen LogP contribution in [0.5, 0.6) is 0 Å². The van der Waals surface area contributed by atoms with Crippen LogP contribution >= 0.6 is 23.1 Å². The zero-order valence-electron chi connectivity index (χ0n) is 10.8. The van der Waals surface area contributed by atoms with Crippen LogP contribution < -0.4 is 11.3 Å². The molecule has 0 unspecified atom stereocenters. The molecule has 1 aromatic carbocycles. The SMILES string of the molecule is Cc1ccc(SCc2csc(C(=O)NN)n2)c(C)c1. The van der Waals surface area contributed by atoms with Crippen LogP contribution in [0.15, 0.2) is 28.5 Å². The third kappa shape index (κ3) is 3.56. The first-order chi connectivity index (χ1) is 9.10. The van der Waals surface area contributed by atoms with E-state index in [2.05, 4.69) is 42.5 Å². The standard InChI is InChI=1S/C13H15N3OS2/c1-8-3-4-11(9(2)5-8)18-6-10-7-19-13(15-10)12(17)16-14/h3-5,7H,6,14H2,1-2H3,(H,16,17). The van der Waals surface area contributed by atoms with Crippen molar-refractivity contribution in [2.45, 2.75) is 24.5 Å². The average Bonchev–Trinajstić information content (AvgIpc) is 2.85. The van der Waals surface area contributed by atoms with Crippen LogP contribution in [0.4, 0.5) is 0 Å². The van der Waals surface area contributed by atoms with Crippen LogP contribution in [-0.2, 0) is 5.75 Å². The number of nitrogen functional groups attached to an aromatic ring is 1. The molecule has 0 aliphatic heterocycles. The monoisotopic (exact) mass is 293 g/mol. The van der Waals surface area contributed by atoms with E-state index in [0.717, 1.165) is 11.4 Å². The number of aromatic nitrogens is 1. The Hall–Kier alpha value is -1.37. The second-order valence-corrected chi connectivity index (χ2v) is 6.05. The lowest BCUT2D eigenvalue weighted by Crippen LogP contribution is -2.29. The van der Waals surface area contributed by atoms with Gasteiger partial charge in [0.05, 0.1) is 5.69 Å². The van der Waals surface area contributed by atoms with E-state index in [9.17, 15) is 4.79 Å². The van der Waals surface area contributed by atoms with Gasteiger partial charge in [-0.1, -0.05) is 17.7 Å². The van der Waals surface area contributed by atoms with E-state index < -0.39 is 0 Å². The highest BCUT2D eigenvalue weighted by atomic mass is 32.2. The summed E-state index contributed by atoms with van der Waals surface area (Å²) in [5.41, 5.74) is 5.51. The lowest BCUT2D eigenvalue weighted by molar-refractivity contribution is 0.0953. The van der Waals surface area contributed by atoms with Gasteiger partial charge in [-0.05, 0) is 25.5 Å². The predicted octanol–water partition coefficient (Wildman–Crippen LogP) is 2.66. The zero-order chi connectivity index (χ0) is 13.8. The first-order valence-electron chi connectivity index (χ1n) is 5.75. The lowest BCUT2D eigenvalue weighted by Gasteiger charge is -2.05. The van der Waals surface area contributed by atoms with Gasteiger partial charge in [-0.2, -0.15) is 0 Å². The molecule has 2 rings (SSSR count). The number of hydrogen-bond acceptors (Lipinski definition) is 5. The lowest BCUT2D eigenvalue weighted by atomic mass is 10.2. The molecule has 19 heavy (non-hydrogen) atoms. The Labute approximate surface area is 120 Å². The number of hydrogen-bond donors (Lipinski definition) is 2. The molecule has 1 heterocycles. The van der Waals surface area contributed by atoms with E-state index in [1.807, 2.05) is 5.38 Å². The Bertz CT molecular complexity index is 595. The molecule has 3 N–H and O–H groups in total. The highest BCUT2D eigenvalue weighted by Gasteiger charge is 2.10. The molecule has 0 aliphatic carbocycles. The van der Waals surface area contributed by atoms with E-state index in [4.69, 9.17) is 5.84 Å². The molecule has 6 heteroatoms. The third-order valence-electron chi connectivity index (χ3n) is 2.58. The number of benzene rings is 1. The first-order valence-corrected chi connectivity index (χ1v) is 7.62. The molecule has 0 fully saturated rings. The van der Waals surface area contributed by atoms with Gasteiger partial charge in [0.15, 0.2) is 5.01 Å². The molecule has 2 aromatic rings. The van der Waals surface area contributed by atoms with Gasteiger partial charge >= 0.3 is 0 Å². The Morgan fingerprint density at radius 3 is 2.95 bits per heavy atom. The van der Waals surface area contributed by atoms with Crippen molar-refractivity contribution in [3.63, 3.8) is 0 Å². The summed E-state index contributed by atoms with van der Waals surface area (Å²) < 4.78 is 0. The van der Waals surface area contributed by atoms with Gasteiger partial charge < -0.3 is 0 Å². The fourth-order valence-electron chi connectivity index (χ4n) is 1.65. The molecule has 0 atom stereocenters. The zero-order valence-corrected chi connectivity index (χ0v) is 12.4. The van der Waals surface area contributed by atoms with E-state index in [-0.39, 0.29) is 5.91 Å². The van der Waals surface area contributed by atoms with Crippen molar-refractivity contribution in [1.29, 1.82) is 0 Å². The van der Waals surface area contributed by atoms with Crippen molar-refractivity contribution in [2.24, 2.45) is 5.84 Å². The topological polar surface area (TPSA) is 68.0 Å². The molecule has 0 saturated carbocycles. The highest BCUT2D eigenvalue weighted by Crippen LogP contribution is 2.27. The molecule has 0 spiro atoms. The summed E-state index contributed by atoms with van der Waals surface area (Å²) in [6, 6.07) is 6.38. The quantitative estimate of drug-likeness (QED) is 0.393. The number of hydrazine groups is 1. The van der Waals surface area contributed by atoms with Crippen LogP contribution in [-0.4, -0.2) is 10.9 Å². The van der Waals surface area contributed by atoms with Crippen LogP contribution in [0.3, 0.4) is 0 Å². The molecule has 1 aromatic heterocycles. The van der Waals surface area contributed by atoms with Crippen molar-refractivity contribution in [3.05, 3.63) is 45.4 Å². The third-order valence-corrected chi connectivity index (χ3v) is 4.68. The minimum Gasteiger partial charge on any atom is -0.288 e. The maximum Gasteiger partial charge on any atom is 0.294 e. The van der Waals surface area contributed by atoms with Gasteiger partial charge in [0.2, 0.25) is 0 Å². The molecule has 100 valence electrons. The minimum atomic E-state index is -0.340. The van der Waals surface area contributed by atoms with Gasteiger partial charge in [0.1, 0.15) is 0 Å². The molecular formula is C13H15N3OS2. The fourth-order valence-corrected chi connectivity index (χ4v) is 3.38. The van der Waals surface area contributed by atoms with E-state index in [1.54, 1.807) is 11.8 Å². The second-order valence-electron chi connectivity index (χ2n) is 4.18. The predicted molar refractivity (Wildman–Crippen MR) is 79.2 cm³/mol. The Morgan fingerprint density at radius 2 is 2.26 bits per heavy atom. The van der Waals surface area contributed by atoms with E-state index >= 15 is 0 Å². The Kier molecular flexibility index (Phi) is 4.57. The molecule has 0 aliphatic rings. The second kappa shape index (κ2) is 6.18. The van der Waals surface area contributed by atoms with Crippen molar-refractivity contribution in [1.82, 2.24) is 10.4 Å². The summed E-state index contributed by atoms with van der Waals surface area (Å²) in [7, 11) is 0. The van der Waals surface area contributed by atoms with Gasteiger partial charge in [0, 0.05) is 16.0 Å². The molecule has 0 radical (unpaired) electrons. The number of amides is 1. The van der Waals surface area contributed by atoms with Crippen molar-refractivity contribution in [2.75, 3.05) is 0 Å². The van der Waals surface area contributed by atoms with Crippen molar-refractivity contribution < 1.29 is 4.79 Å². The number of aryl methyl sites for hydroxylation is 2. The van der Waals surface area contributed by atoms with Crippen molar-refractivity contribution >= 4 is 29.0 Å². The Balaban J connectivity index is 2.02. The summed E-state index contributed by atoms with van der Waals surface area (Å²) in [6.45, 7) is 4.18. The smallest absolute Gasteiger partial charge is 0.288 e. The average molecular weight is 293 g/mol. The first kappa shape index (κ1) is 14.0. The van der Waals surface area contributed by atoms with Gasteiger partial charge in [-0.25, -0.2) is 10.8 Å². The number of carbonyl (C=O) groups excluding carboxylic acids is 1. The maximum absolute atomic E-state index is 11.3. The molecule has 0 bridgehead atoms. The molecule has 0 saturated heterocycles. The summed E-state index contributed by atoms with van der Waals surface area (Å²) >= 11 is 3.03. The normalized spacial score (nSPS) is 10.5. The Morgan fingerprint density at radius 1 is 1.47 bits per heavy atom. The van der Waals surface area contributed by atoms with Crippen LogP contribution in [0, 0.1) is 13.8 Å². The van der Waals surface area contributed by atoms with E-state index in [1.165, 1.54) is 27.4 Å². The number of carbonyl (C=O) groups is 1. The molecule has 1 amide bonds. The number of thiazole rings is 1. The van der Waals surface area contributed by atoms with Gasteiger partial charge in [-0.3, -0.25) is 10.2 Å². The summed E-state index contributed by atoms with van der Waals surface area (Å²) in [5, 5.41) is 2.29.